The number of aliphatic hydroxyl groups is 2. The molecule has 0 saturated carbocycles. The molecule has 0 aliphatic rings. The second-order valence-corrected chi connectivity index (χ2v) is 6.27. The van der Waals surface area contributed by atoms with Gasteiger partial charge in [0.15, 0.2) is 0 Å². The summed E-state index contributed by atoms with van der Waals surface area (Å²) in [6, 6.07) is 0. The number of hydrogen-bond donors (Lipinski definition) is 2. The molecule has 1 atom stereocenters. The molecule has 2 nitrogen and oxygen atoms in total. The molecular formula is C12H7F19O2. The molecule has 21 heteroatoms. The van der Waals surface area contributed by atoms with E-state index in [1.165, 1.54) is 0 Å². The summed E-state index contributed by atoms with van der Waals surface area (Å²) in [5, 5.41) is 16.7. The zero-order valence-corrected chi connectivity index (χ0v) is 14.6. The molecule has 0 aliphatic heterocycles. The van der Waals surface area contributed by atoms with Crippen molar-refractivity contribution in [2.24, 2.45) is 0 Å². The average molecular weight is 544 g/mol. The molecule has 200 valence electrons. The van der Waals surface area contributed by atoms with E-state index in [1.807, 2.05) is 0 Å². The van der Waals surface area contributed by atoms with E-state index in [0.717, 1.165) is 0 Å². The van der Waals surface area contributed by atoms with Crippen LogP contribution in [0.1, 0.15) is 6.42 Å². The van der Waals surface area contributed by atoms with E-state index in [2.05, 4.69) is 0 Å². The van der Waals surface area contributed by atoms with Crippen molar-refractivity contribution in [3.05, 3.63) is 0 Å². The van der Waals surface area contributed by atoms with Crippen molar-refractivity contribution in [1.29, 1.82) is 0 Å². The van der Waals surface area contributed by atoms with E-state index >= 15 is 0 Å². The smallest absolute Gasteiger partial charge is 0.394 e. The van der Waals surface area contributed by atoms with Crippen LogP contribution in [0.25, 0.3) is 0 Å². The molecule has 0 aliphatic carbocycles. The Hall–Kier alpha value is -1.41. The maximum absolute atomic E-state index is 13.4. The minimum absolute atomic E-state index is 2.00. The first-order valence-corrected chi connectivity index (χ1v) is 7.34. The summed E-state index contributed by atoms with van der Waals surface area (Å²) in [6.07, 6.45) is -23.0. The summed E-state index contributed by atoms with van der Waals surface area (Å²) >= 11 is 0. The van der Waals surface area contributed by atoms with Gasteiger partial charge in [0.25, 0.3) is 0 Å². The van der Waals surface area contributed by atoms with E-state index in [1.54, 1.807) is 0 Å². The SMILES string of the molecule is OCC(O)CC(F)(F)C(F)(F)C(F)(F)C(F)(F)C(F)(F)C(F)(F)C(F)(C(F)(F)F)C(F)(F)F. The molecule has 0 amide bonds. The Labute approximate surface area is 167 Å². The van der Waals surface area contributed by atoms with E-state index in [9.17, 15) is 83.4 Å². The minimum Gasteiger partial charge on any atom is -0.394 e. The number of rotatable bonds is 9. The van der Waals surface area contributed by atoms with Crippen molar-refractivity contribution >= 4 is 0 Å². The molecule has 33 heavy (non-hydrogen) atoms. The highest BCUT2D eigenvalue weighted by Crippen LogP contribution is 2.66. The Morgan fingerprint density at radius 1 is 0.455 bits per heavy atom. The highest BCUT2D eigenvalue weighted by Gasteiger charge is 2.98. The standard InChI is InChI=1S/C12H7F19O2/c13-4(14,1-3(33)2-32)6(16,17)8(20,21)10(24,25)9(22,23)7(18,19)5(15,11(26,27)28)12(29,30)31/h3,32-33H,1-2H2. The van der Waals surface area contributed by atoms with Crippen LogP contribution in [0.3, 0.4) is 0 Å². The molecule has 0 aromatic rings. The average Bonchev–Trinajstić information content (AvgIpc) is 2.57. The van der Waals surface area contributed by atoms with E-state index in [-0.39, 0.29) is 0 Å². The summed E-state index contributed by atoms with van der Waals surface area (Å²) in [5.41, 5.74) is -8.78. The molecule has 0 bridgehead atoms. The van der Waals surface area contributed by atoms with Gasteiger partial charge in [0.1, 0.15) is 0 Å². The fourth-order valence-corrected chi connectivity index (χ4v) is 2.04. The number of aliphatic hydroxyl groups excluding tert-OH is 2. The monoisotopic (exact) mass is 544 g/mol. The summed E-state index contributed by atoms with van der Waals surface area (Å²) in [6.45, 7) is -2.00. The Morgan fingerprint density at radius 3 is 1.00 bits per heavy atom. The molecule has 1 unspecified atom stereocenters. The van der Waals surface area contributed by atoms with Crippen LogP contribution in [-0.4, -0.2) is 76.5 Å². The zero-order valence-electron chi connectivity index (χ0n) is 14.6. The molecule has 0 spiro atoms. The van der Waals surface area contributed by atoms with Crippen molar-refractivity contribution < 1.29 is 93.6 Å². The molecular weight excluding hydrogens is 537 g/mol. The Bertz CT molecular complexity index is 676. The predicted molar refractivity (Wildman–Crippen MR) is 63.3 cm³/mol. The second kappa shape index (κ2) is 8.08. The molecule has 0 fully saturated rings. The van der Waals surface area contributed by atoms with Crippen molar-refractivity contribution in [3.63, 3.8) is 0 Å². The predicted octanol–water partition coefficient (Wildman–Crippen LogP) is 5.37. The quantitative estimate of drug-likeness (QED) is 0.384. The fraction of sp³-hybridized carbons (Fsp3) is 1.00. The van der Waals surface area contributed by atoms with Crippen molar-refractivity contribution in [2.75, 3.05) is 6.61 Å². The maximum atomic E-state index is 13.4. The first kappa shape index (κ1) is 31.6. The zero-order chi connectivity index (χ0) is 27.5. The van der Waals surface area contributed by atoms with E-state index in [0.29, 0.717) is 0 Å². The van der Waals surface area contributed by atoms with Crippen LogP contribution in [0.2, 0.25) is 0 Å². The first-order chi connectivity index (χ1) is 14.0. The summed E-state index contributed by atoms with van der Waals surface area (Å²) in [4.78, 5) is 0. The summed E-state index contributed by atoms with van der Waals surface area (Å²) in [7, 11) is 0. The fourth-order valence-electron chi connectivity index (χ4n) is 2.04. The van der Waals surface area contributed by atoms with Crippen LogP contribution < -0.4 is 0 Å². The largest absolute Gasteiger partial charge is 0.438 e. The topological polar surface area (TPSA) is 40.5 Å². The molecule has 0 heterocycles. The van der Waals surface area contributed by atoms with Gasteiger partial charge < -0.3 is 10.2 Å². The van der Waals surface area contributed by atoms with Crippen LogP contribution in [0.5, 0.6) is 0 Å². The van der Waals surface area contributed by atoms with Gasteiger partial charge in [-0.2, -0.15) is 79.0 Å². The van der Waals surface area contributed by atoms with Gasteiger partial charge in [-0.1, -0.05) is 0 Å². The number of alkyl halides is 19. The van der Waals surface area contributed by atoms with Gasteiger partial charge in [-0.15, -0.1) is 0 Å². The van der Waals surface area contributed by atoms with Crippen LogP contribution in [0.15, 0.2) is 0 Å². The maximum Gasteiger partial charge on any atom is 0.438 e. The molecule has 2 N–H and O–H groups in total. The van der Waals surface area contributed by atoms with E-state index in [4.69, 9.17) is 10.2 Å². The van der Waals surface area contributed by atoms with Crippen LogP contribution in [0, 0.1) is 0 Å². The van der Waals surface area contributed by atoms with Crippen LogP contribution >= 0.6 is 0 Å². The van der Waals surface area contributed by atoms with Crippen molar-refractivity contribution in [1.82, 2.24) is 0 Å². The van der Waals surface area contributed by atoms with Gasteiger partial charge in [-0.25, -0.2) is 4.39 Å². The third-order valence-corrected chi connectivity index (χ3v) is 3.95. The van der Waals surface area contributed by atoms with Crippen LogP contribution in [-0.2, 0) is 0 Å². The normalized spacial score (nSPS) is 17.4. The molecule has 0 aromatic carbocycles. The lowest BCUT2D eigenvalue weighted by atomic mass is 9.83. The van der Waals surface area contributed by atoms with Gasteiger partial charge in [0.2, 0.25) is 0 Å². The van der Waals surface area contributed by atoms with Crippen molar-refractivity contribution in [2.45, 2.75) is 66.1 Å². The Kier molecular flexibility index (Phi) is 7.73. The Balaban J connectivity index is 7.00. The molecule has 0 radical (unpaired) electrons. The molecule has 0 rings (SSSR count). The van der Waals surface area contributed by atoms with E-state index < -0.39 is 72.7 Å². The lowest BCUT2D eigenvalue weighted by Gasteiger charge is -2.45. The van der Waals surface area contributed by atoms with Gasteiger partial charge >= 0.3 is 53.6 Å². The number of halogens is 19. The van der Waals surface area contributed by atoms with Crippen molar-refractivity contribution in [3.8, 4) is 0 Å². The second-order valence-electron chi connectivity index (χ2n) is 6.27. The third kappa shape index (κ3) is 4.15. The van der Waals surface area contributed by atoms with Gasteiger partial charge in [-0.05, 0) is 0 Å². The number of hydrogen-bond acceptors (Lipinski definition) is 2. The highest BCUT2D eigenvalue weighted by molar-refractivity contribution is 5.19. The third-order valence-electron chi connectivity index (χ3n) is 3.95. The van der Waals surface area contributed by atoms with Crippen LogP contribution in [0.4, 0.5) is 83.4 Å². The summed E-state index contributed by atoms with van der Waals surface area (Å²) in [5.74, 6) is -50.5. The summed E-state index contributed by atoms with van der Waals surface area (Å²) < 4.78 is 247. The minimum atomic E-state index is -9.07. The molecule has 0 saturated heterocycles. The first-order valence-electron chi connectivity index (χ1n) is 7.34. The van der Waals surface area contributed by atoms with Gasteiger partial charge in [0.05, 0.1) is 12.7 Å². The van der Waals surface area contributed by atoms with Gasteiger partial charge in [-0.3, -0.25) is 0 Å². The lowest BCUT2D eigenvalue weighted by Crippen LogP contribution is -2.77. The molecule has 0 aromatic heterocycles. The van der Waals surface area contributed by atoms with Gasteiger partial charge in [0, 0.05) is 6.42 Å². The highest BCUT2D eigenvalue weighted by atomic mass is 19.4. The lowest BCUT2D eigenvalue weighted by molar-refractivity contribution is -0.472. The Morgan fingerprint density at radius 2 is 0.727 bits per heavy atom.